The van der Waals surface area contributed by atoms with Gasteiger partial charge in [0.1, 0.15) is 0 Å². The van der Waals surface area contributed by atoms with Crippen molar-refractivity contribution in [3.63, 3.8) is 0 Å². The third-order valence-corrected chi connectivity index (χ3v) is 2.50. The number of carbonyl (C=O) groups is 2. The normalized spacial score (nSPS) is 14.2. The molecule has 0 aliphatic heterocycles. The van der Waals surface area contributed by atoms with Crippen LogP contribution in [0.15, 0.2) is 30.3 Å². The summed E-state index contributed by atoms with van der Waals surface area (Å²) in [7, 11) is 0. The highest BCUT2D eigenvalue weighted by atomic mass is 16.6. The molecule has 21 heavy (non-hydrogen) atoms. The summed E-state index contributed by atoms with van der Waals surface area (Å²) in [4.78, 5) is 22.0. The Balaban J connectivity index is 2.76. The van der Waals surface area contributed by atoms with E-state index >= 15 is 0 Å². The van der Waals surface area contributed by atoms with Crippen molar-refractivity contribution in [3.05, 3.63) is 35.9 Å². The molecule has 0 radical (unpaired) electrons. The lowest BCUT2D eigenvalue weighted by Gasteiger charge is -2.30. The van der Waals surface area contributed by atoms with Gasteiger partial charge in [-0.05, 0) is 26.3 Å². The van der Waals surface area contributed by atoms with Gasteiger partial charge in [-0.25, -0.2) is 4.79 Å². The predicted molar refractivity (Wildman–Crippen MR) is 76.5 cm³/mol. The van der Waals surface area contributed by atoms with Crippen molar-refractivity contribution in [1.29, 1.82) is 0 Å². The first-order valence-corrected chi connectivity index (χ1v) is 6.59. The zero-order valence-corrected chi connectivity index (χ0v) is 12.4. The minimum Gasteiger partial charge on any atom is -0.479 e. The Morgan fingerprint density at radius 1 is 1.33 bits per heavy atom. The summed E-state index contributed by atoms with van der Waals surface area (Å²) in [6.45, 7) is 5.41. The fraction of sp³-hybridized carbons (Fsp3) is 0.467. The topological polar surface area (TPSA) is 84.9 Å². The van der Waals surface area contributed by atoms with Crippen molar-refractivity contribution < 1.29 is 24.2 Å². The number of hydrogen-bond acceptors (Lipinski definition) is 4. The molecule has 1 rings (SSSR count). The number of aliphatic carboxylic acids is 1. The first kappa shape index (κ1) is 17.1. The molecule has 2 atom stereocenters. The van der Waals surface area contributed by atoms with E-state index in [0.717, 1.165) is 5.56 Å². The second-order valence-electron chi connectivity index (χ2n) is 5.49. The molecule has 1 amide bonds. The summed E-state index contributed by atoms with van der Waals surface area (Å²) in [5.74, 6) is -1.20. The van der Waals surface area contributed by atoms with Crippen LogP contribution in [0.3, 0.4) is 0 Å². The van der Waals surface area contributed by atoms with Gasteiger partial charge in [0.2, 0.25) is 6.41 Å². The van der Waals surface area contributed by atoms with Crippen molar-refractivity contribution in [2.75, 3.05) is 0 Å². The zero-order valence-electron chi connectivity index (χ0n) is 12.4. The van der Waals surface area contributed by atoms with E-state index in [4.69, 9.17) is 9.47 Å². The number of benzene rings is 1. The van der Waals surface area contributed by atoms with Crippen LogP contribution in [0, 0.1) is 0 Å². The number of rotatable bonds is 8. The molecule has 6 heteroatoms. The van der Waals surface area contributed by atoms with Gasteiger partial charge in [0.05, 0.1) is 12.2 Å². The zero-order chi connectivity index (χ0) is 15.9. The second-order valence-corrected chi connectivity index (χ2v) is 5.49. The highest BCUT2D eigenvalue weighted by molar-refractivity contribution is 5.73. The number of carboxylic acid groups (broad SMARTS) is 1. The van der Waals surface area contributed by atoms with Gasteiger partial charge < -0.3 is 19.9 Å². The minimum atomic E-state index is -1.30. The van der Waals surface area contributed by atoms with Gasteiger partial charge in [-0.2, -0.15) is 0 Å². The summed E-state index contributed by atoms with van der Waals surface area (Å²) in [6, 6.07) is 9.18. The van der Waals surface area contributed by atoms with Crippen molar-refractivity contribution in [3.8, 4) is 0 Å². The van der Waals surface area contributed by atoms with E-state index < -0.39 is 23.9 Å². The molecule has 0 fully saturated rings. The minimum absolute atomic E-state index is 0.113. The van der Waals surface area contributed by atoms with Crippen LogP contribution in [0.1, 0.15) is 26.3 Å². The number of carboxylic acids is 1. The summed E-state index contributed by atoms with van der Waals surface area (Å²) in [5.41, 5.74) is 0.217. The third-order valence-electron chi connectivity index (χ3n) is 2.50. The molecule has 1 aromatic carbocycles. The molecule has 0 aromatic heterocycles. The predicted octanol–water partition coefficient (Wildman–Crippen LogP) is 1.54. The number of ether oxygens (including phenoxy) is 2. The Labute approximate surface area is 124 Å². The molecule has 0 saturated heterocycles. The first-order valence-electron chi connectivity index (χ1n) is 6.59. The Kier molecular flexibility index (Phi) is 6.33. The molecular formula is C15H21NO5. The molecule has 0 aliphatic carbocycles. The first-order chi connectivity index (χ1) is 9.83. The van der Waals surface area contributed by atoms with Crippen LogP contribution >= 0.6 is 0 Å². The van der Waals surface area contributed by atoms with Crippen molar-refractivity contribution >= 4 is 12.4 Å². The van der Waals surface area contributed by atoms with Gasteiger partial charge in [0.25, 0.3) is 0 Å². The lowest BCUT2D eigenvalue weighted by molar-refractivity contribution is -0.179. The van der Waals surface area contributed by atoms with Crippen molar-refractivity contribution in [2.45, 2.75) is 45.3 Å². The Morgan fingerprint density at radius 3 is 2.43 bits per heavy atom. The molecule has 116 valence electrons. The summed E-state index contributed by atoms with van der Waals surface area (Å²) in [6.07, 6.45) is -1.96. The highest BCUT2D eigenvalue weighted by Crippen LogP contribution is 2.15. The van der Waals surface area contributed by atoms with Crippen LogP contribution in [0.2, 0.25) is 0 Å². The average Bonchev–Trinajstić information content (AvgIpc) is 2.38. The maximum atomic E-state index is 11.4. The fourth-order valence-electron chi connectivity index (χ4n) is 1.68. The van der Waals surface area contributed by atoms with Crippen LogP contribution in [0.4, 0.5) is 0 Å². The fourth-order valence-corrected chi connectivity index (χ4v) is 1.68. The summed E-state index contributed by atoms with van der Waals surface area (Å²) < 4.78 is 10.9. The van der Waals surface area contributed by atoms with Crippen LogP contribution in [-0.2, 0) is 25.7 Å². The van der Waals surface area contributed by atoms with Gasteiger partial charge in [0, 0.05) is 0 Å². The van der Waals surface area contributed by atoms with E-state index in [0.29, 0.717) is 6.41 Å². The SMILES string of the molecule is CC(C)(C)OC(NC=O)C(OCc1ccccc1)C(=O)O. The second kappa shape index (κ2) is 7.75. The monoisotopic (exact) mass is 295 g/mol. The third kappa shape index (κ3) is 6.37. The largest absolute Gasteiger partial charge is 0.479 e. The molecule has 0 saturated carbocycles. The van der Waals surface area contributed by atoms with E-state index in [-0.39, 0.29) is 6.61 Å². The van der Waals surface area contributed by atoms with E-state index in [2.05, 4.69) is 5.32 Å². The molecule has 0 aliphatic rings. The molecule has 6 nitrogen and oxygen atoms in total. The molecule has 1 aromatic rings. The number of nitrogens with one attached hydrogen (secondary N) is 1. The molecule has 0 heterocycles. The maximum Gasteiger partial charge on any atom is 0.337 e. The smallest absolute Gasteiger partial charge is 0.337 e. The summed E-state index contributed by atoms with van der Waals surface area (Å²) in [5, 5.41) is 11.6. The van der Waals surface area contributed by atoms with Gasteiger partial charge >= 0.3 is 5.97 Å². The molecule has 0 bridgehead atoms. The van der Waals surface area contributed by atoms with Gasteiger partial charge in [0.15, 0.2) is 12.3 Å². The van der Waals surface area contributed by atoms with Gasteiger partial charge in [-0.3, -0.25) is 4.79 Å². The van der Waals surface area contributed by atoms with Crippen LogP contribution < -0.4 is 5.32 Å². The lowest BCUT2D eigenvalue weighted by atomic mass is 10.2. The number of carbonyl (C=O) groups excluding carboxylic acids is 1. The van der Waals surface area contributed by atoms with Crippen LogP contribution in [0.5, 0.6) is 0 Å². The molecular weight excluding hydrogens is 274 g/mol. The number of amides is 1. The van der Waals surface area contributed by atoms with E-state index in [1.165, 1.54) is 0 Å². The van der Waals surface area contributed by atoms with E-state index in [1.807, 2.05) is 30.3 Å². The van der Waals surface area contributed by atoms with Gasteiger partial charge in [-0.1, -0.05) is 30.3 Å². The lowest BCUT2D eigenvalue weighted by Crippen LogP contribution is -2.50. The maximum absolute atomic E-state index is 11.4. The van der Waals surface area contributed by atoms with E-state index in [1.54, 1.807) is 20.8 Å². The Bertz CT molecular complexity index is 455. The van der Waals surface area contributed by atoms with Crippen molar-refractivity contribution in [2.24, 2.45) is 0 Å². The standard InChI is InChI=1S/C15H21NO5/c1-15(2,3)21-13(16-10-17)12(14(18)19)20-9-11-7-5-4-6-8-11/h4-8,10,12-13H,9H2,1-3H3,(H,16,17)(H,18,19). The Morgan fingerprint density at radius 2 is 1.95 bits per heavy atom. The van der Waals surface area contributed by atoms with Crippen LogP contribution in [0.25, 0.3) is 0 Å². The van der Waals surface area contributed by atoms with Gasteiger partial charge in [-0.15, -0.1) is 0 Å². The average molecular weight is 295 g/mol. The number of hydrogen-bond donors (Lipinski definition) is 2. The molecule has 0 spiro atoms. The summed E-state index contributed by atoms with van der Waals surface area (Å²) >= 11 is 0. The van der Waals surface area contributed by atoms with Crippen molar-refractivity contribution in [1.82, 2.24) is 5.32 Å². The van der Waals surface area contributed by atoms with Crippen LogP contribution in [-0.4, -0.2) is 35.4 Å². The quantitative estimate of drug-likeness (QED) is 0.561. The molecule has 2 unspecified atom stereocenters. The highest BCUT2D eigenvalue weighted by Gasteiger charge is 2.33. The Hall–Kier alpha value is -1.92. The molecule has 2 N–H and O–H groups in total. The van der Waals surface area contributed by atoms with E-state index in [9.17, 15) is 14.7 Å².